The number of likely N-dealkylation sites (tertiary alicyclic amines) is 1. The van der Waals surface area contributed by atoms with Gasteiger partial charge < -0.3 is 24.4 Å². The molecule has 0 radical (unpaired) electrons. The van der Waals surface area contributed by atoms with E-state index < -0.39 is 41.6 Å². The summed E-state index contributed by atoms with van der Waals surface area (Å²) >= 11 is 6.60. The lowest BCUT2D eigenvalue weighted by Crippen LogP contribution is -2.60. The van der Waals surface area contributed by atoms with Crippen LogP contribution in [0.3, 0.4) is 0 Å². The van der Waals surface area contributed by atoms with Crippen LogP contribution in [0.4, 0.5) is 5.69 Å². The highest BCUT2D eigenvalue weighted by Crippen LogP contribution is 2.59. The molecule has 0 saturated carbocycles. The van der Waals surface area contributed by atoms with E-state index in [-0.39, 0.29) is 37.5 Å². The monoisotopic (exact) mass is 558 g/mol. The van der Waals surface area contributed by atoms with Crippen molar-refractivity contribution >= 4 is 35.1 Å². The Morgan fingerprint density at radius 2 is 2.10 bits per heavy atom. The number of esters is 1. The molecule has 3 aliphatic heterocycles. The Hall–Kier alpha value is -2.68. The molecule has 3 saturated heterocycles. The third kappa shape index (κ3) is 4.81. The fourth-order valence-electron chi connectivity index (χ4n) is 6.68. The van der Waals surface area contributed by atoms with Gasteiger partial charge in [-0.2, -0.15) is 0 Å². The maximum absolute atomic E-state index is 14.7. The first-order valence-corrected chi connectivity index (χ1v) is 14.1. The van der Waals surface area contributed by atoms with Crippen molar-refractivity contribution in [1.29, 1.82) is 0 Å². The molecule has 8 nitrogen and oxygen atoms in total. The average molecular weight is 559 g/mol. The first kappa shape index (κ1) is 29.3. The van der Waals surface area contributed by atoms with Crippen molar-refractivity contribution in [3.8, 4) is 0 Å². The average Bonchev–Trinajstić information content (AvgIpc) is 3.56. The number of aryl methyl sites for hydroxylation is 1. The molecule has 3 heterocycles. The molecule has 2 unspecified atom stereocenters. The van der Waals surface area contributed by atoms with Gasteiger partial charge in [-0.3, -0.25) is 14.4 Å². The number of aliphatic hydroxyl groups is 1. The zero-order chi connectivity index (χ0) is 28.5. The first-order chi connectivity index (χ1) is 18.7. The molecule has 0 aromatic heterocycles. The molecule has 9 heteroatoms. The first-order valence-electron chi connectivity index (χ1n) is 13.7. The zero-order valence-corrected chi connectivity index (χ0v) is 23.7. The van der Waals surface area contributed by atoms with E-state index in [9.17, 15) is 19.5 Å². The summed E-state index contributed by atoms with van der Waals surface area (Å²) < 4.78 is 12.0. The van der Waals surface area contributed by atoms with E-state index in [4.69, 9.17) is 21.1 Å². The number of carbonyl (C=O) groups excluding carboxylic acids is 3. The zero-order valence-electron chi connectivity index (χ0n) is 23.0. The minimum Gasteiger partial charge on any atom is -0.465 e. The molecular formula is C30H39ClN2O6. The highest BCUT2D eigenvalue weighted by atomic mass is 35.5. The van der Waals surface area contributed by atoms with Crippen molar-refractivity contribution in [1.82, 2.24) is 4.90 Å². The van der Waals surface area contributed by atoms with Crippen LogP contribution in [0.5, 0.6) is 0 Å². The van der Waals surface area contributed by atoms with E-state index >= 15 is 0 Å². The minimum absolute atomic E-state index is 0.102. The Labute approximate surface area is 235 Å². The van der Waals surface area contributed by atoms with E-state index in [0.29, 0.717) is 36.4 Å². The van der Waals surface area contributed by atoms with Crippen LogP contribution in [0.15, 0.2) is 43.5 Å². The van der Waals surface area contributed by atoms with Gasteiger partial charge in [-0.1, -0.05) is 56.2 Å². The summed E-state index contributed by atoms with van der Waals surface area (Å²) in [7, 11) is 0. The second-order valence-electron chi connectivity index (χ2n) is 10.8. The molecule has 3 aliphatic rings. The third-order valence-corrected chi connectivity index (χ3v) is 9.00. The number of amides is 2. The molecule has 2 amide bonds. The molecule has 1 spiro atoms. The molecule has 1 N–H and O–H groups in total. The summed E-state index contributed by atoms with van der Waals surface area (Å²) in [5, 5.41) is 10.9. The van der Waals surface area contributed by atoms with Crippen molar-refractivity contribution in [3.63, 3.8) is 0 Å². The number of carbonyl (C=O) groups is 3. The number of hydrogen-bond donors (Lipinski definition) is 1. The SMILES string of the molecule is C=CCCOC(=O)[C@@H]1[C@@H]2CCC3(O2)C(C(=O)N(CC=C)c2c(C)cccc2Cl)N([C@@H](CO)[C@@H](C)CC)C(=O)[C@H]13. The number of nitrogens with zero attached hydrogens (tertiary/aromatic N) is 2. The Morgan fingerprint density at radius 3 is 2.72 bits per heavy atom. The van der Waals surface area contributed by atoms with Gasteiger partial charge in [0.1, 0.15) is 11.6 Å². The van der Waals surface area contributed by atoms with Crippen molar-refractivity contribution < 1.29 is 29.0 Å². The van der Waals surface area contributed by atoms with Crippen molar-refractivity contribution in [3.05, 3.63) is 54.1 Å². The standard InChI is InChI=1S/C30H39ClN2O6/c1-6-9-16-38-29(37)23-22-13-14-30(39-22)24(23)27(35)33(21(17-34)18(4)8-3)26(30)28(36)32(15-7-2)25-19(5)11-10-12-20(25)31/h6-7,10-12,18,21-24,26,34H,1-2,8-9,13-17H2,3-5H3/t18-,21-,22-,23+,24-,26?,30?/m0/s1. The maximum atomic E-state index is 14.7. The fourth-order valence-corrected chi connectivity index (χ4v) is 7.01. The number of ether oxygens (including phenoxy) is 2. The van der Waals surface area contributed by atoms with Gasteiger partial charge in [0.15, 0.2) is 0 Å². The predicted octanol–water partition coefficient (Wildman–Crippen LogP) is 4.07. The molecule has 3 fully saturated rings. The van der Waals surface area contributed by atoms with Gasteiger partial charge in [0, 0.05) is 6.54 Å². The molecule has 39 heavy (non-hydrogen) atoms. The molecule has 2 bridgehead atoms. The van der Waals surface area contributed by atoms with E-state index in [1.807, 2.05) is 32.9 Å². The van der Waals surface area contributed by atoms with Crippen LogP contribution < -0.4 is 4.90 Å². The normalized spacial score (nSPS) is 28.6. The van der Waals surface area contributed by atoms with E-state index in [1.165, 1.54) is 4.90 Å². The summed E-state index contributed by atoms with van der Waals surface area (Å²) in [6, 6.07) is 3.72. The molecule has 212 valence electrons. The lowest BCUT2D eigenvalue weighted by molar-refractivity contribution is -0.156. The summed E-state index contributed by atoms with van der Waals surface area (Å²) in [5.74, 6) is -3.02. The summed E-state index contributed by atoms with van der Waals surface area (Å²) in [6.07, 6.45) is 4.91. The highest BCUT2D eigenvalue weighted by Gasteiger charge is 2.75. The quantitative estimate of drug-likeness (QED) is 0.236. The van der Waals surface area contributed by atoms with Crippen LogP contribution in [0.1, 0.15) is 45.1 Å². The van der Waals surface area contributed by atoms with Crippen molar-refractivity contribution in [2.75, 3.05) is 24.7 Å². The number of aliphatic hydroxyl groups excluding tert-OH is 1. The van der Waals surface area contributed by atoms with Crippen molar-refractivity contribution in [2.24, 2.45) is 17.8 Å². The van der Waals surface area contributed by atoms with Gasteiger partial charge in [0.25, 0.3) is 5.91 Å². The fraction of sp³-hybridized carbons (Fsp3) is 0.567. The number of hydrogen-bond acceptors (Lipinski definition) is 6. The second kappa shape index (κ2) is 11.8. The molecule has 0 aliphatic carbocycles. The highest BCUT2D eigenvalue weighted by molar-refractivity contribution is 6.34. The Kier molecular flexibility index (Phi) is 8.88. The maximum Gasteiger partial charge on any atom is 0.312 e. The largest absolute Gasteiger partial charge is 0.465 e. The Bertz CT molecular complexity index is 1120. The Balaban J connectivity index is 1.83. The topological polar surface area (TPSA) is 96.4 Å². The van der Waals surface area contributed by atoms with Crippen LogP contribution >= 0.6 is 11.6 Å². The lowest BCUT2D eigenvalue weighted by atomic mass is 9.70. The number of halogens is 1. The number of anilines is 1. The molecular weight excluding hydrogens is 520 g/mol. The minimum atomic E-state index is -1.21. The summed E-state index contributed by atoms with van der Waals surface area (Å²) in [6.45, 7) is 13.3. The number of rotatable bonds is 12. The van der Waals surface area contributed by atoms with Gasteiger partial charge in [-0.25, -0.2) is 0 Å². The Morgan fingerprint density at radius 1 is 1.36 bits per heavy atom. The van der Waals surface area contributed by atoms with E-state index in [1.54, 1.807) is 23.1 Å². The van der Waals surface area contributed by atoms with Gasteiger partial charge >= 0.3 is 5.97 Å². The van der Waals surface area contributed by atoms with Gasteiger partial charge in [0.2, 0.25) is 5.91 Å². The summed E-state index contributed by atoms with van der Waals surface area (Å²) in [4.78, 5) is 45.3. The number of fused-ring (bicyclic) bond motifs is 1. The number of benzene rings is 1. The van der Waals surface area contributed by atoms with Gasteiger partial charge in [-0.15, -0.1) is 13.2 Å². The molecule has 1 aromatic rings. The lowest BCUT2D eigenvalue weighted by Gasteiger charge is -2.41. The van der Waals surface area contributed by atoms with E-state index in [2.05, 4.69) is 13.2 Å². The van der Waals surface area contributed by atoms with Crippen LogP contribution in [0.25, 0.3) is 0 Å². The van der Waals surface area contributed by atoms with E-state index in [0.717, 1.165) is 5.56 Å². The van der Waals surface area contributed by atoms with Crippen LogP contribution in [-0.2, 0) is 23.9 Å². The second-order valence-corrected chi connectivity index (χ2v) is 11.2. The summed E-state index contributed by atoms with van der Waals surface area (Å²) in [5.41, 5.74) is 0.119. The van der Waals surface area contributed by atoms with Gasteiger partial charge in [0.05, 0.1) is 47.9 Å². The number of para-hydroxylation sites is 1. The van der Waals surface area contributed by atoms with Crippen LogP contribution in [0.2, 0.25) is 5.02 Å². The third-order valence-electron chi connectivity index (χ3n) is 8.69. The molecule has 4 rings (SSSR count). The predicted molar refractivity (Wildman–Crippen MR) is 149 cm³/mol. The smallest absolute Gasteiger partial charge is 0.312 e. The van der Waals surface area contributed by atoms with Crippen LogP contribution in [0, 0.1) is 24.7 Å². The van der Waals surface area contributed by atoms with Crippen LogP contribution in [-0.4, -0.2) is 71.3 Å². The van der Waals surface area contributed by atoms with Crippen molar-refractivity contribution in [2.45, 2.75) is 70.2 Å². The molecule has 1 aromatic carbocycles. The molecule has 7 atom stereocenters. The van der Waals surface area contributed by atoms with Gasteiger partial charge in [-0.05, 0) is 43.7 Å².